The van der Waals surface area contributed by atoms with Crippen molar-refractivity contribution in [2.24, 2.45) is 0 Å². The standard InChI is InChI=1S/C21H22N2O3/c1-15-8-10-18(11-9-15)22-13-19(12-17-6-4-3-5-7-17)23(14-20(22)25)21(26)16(2)24/h3-11,19H,12-14H2,1-2H3/t19-/m1/s1. The number of nitrogens with zero attached hydrogens (tertiary/aromatic N) is 2. The zero-order valence-electron chi connectivity index (χ0n) is 15.0. The number of anilines is 1. The highest BCUT2D eigenvalue weighted by molar-refractivity contribution is 6.35. The van der Waals surface area contributed by atoms with Crippen molar-refractivity contribution in [3.05, 3.63) is 65.7 Å². The van der Waals surface area contributed by atoms with Gasteiger partial charge in [-0.3, -0.25) is 14.4 Å². The van der Waals surface area contributed by atoms with Gasteiger partial charge in [-0.2, -0.15) is 0 Å². The highest BCUT2D eigenvalue weighted by atomic mass is 16.2. The van der Waals surface area contributed by atoms with Crippen LogP contribution in [0.15, 0.2) is 54.6 Å². The number of amides is 2. The van der Waals surface area contributed by atoms with Crippen LogP contribution in [0.4, 0.5) is 5.69 Å². The molecule has 0 saturated carbocycles. The molecule has 1 aliphatic rings. The quantitative estimate of drug-likeness (QED) is 0.796. The van der Waals surface area contributed by atoms with Crippen LogP contribution < -0.4 is 4.90 Å². The summed E-state index contributed by atoms with van der Waals surface area (Å²) in [7, 11) is 0. The predicted octanol–water partition coefficient (Wildman–Crippen LogP) is 2.37. The van der Waals surface area contributed by atoms with Crippen LogP contribution in [-0.2, 0) is 20.8 Å². The number of piperazine rings is 1. The van der Waals surface area contributed by atoms with Gasteiger partial charge in [0.1, 0.15) is 6.54 Å². The fraction of sp³-hybridized carbons (Fsp3) is 0.286. The Bertz CT molecular complexity index is 815. The van der Waals surface area contributed by atoms with E-state index in [0.717, 1.165) is 16.8 Å². The van der Waals surface area contributed by atoms with Crippen molar-refractivity contribution >= 4 is 23.3 Å². The van der Waals surface area contributed by atoms with E-state index in [1.54, 1.807) is 4.90 Å². The second kappa shape index (κ2) is 7.52. The summed E-state index contributed by atoms with van der Waals surface area (Å²) in [5, 5.41) is 0. The molecule has 134 valence electrons. The molecule has 0 aliphatic carbocycles. The van der Waals surface area contributed by atoms with Crippen LogP contribution in [0.1, 0.15) is 18.1 Å². The number of aryl methyl sites for hydroxylation is 1. The number of Topliss-reactive ketones (excluding diaryl/α,β-unsaturated/α-hetero) is 1. The van der Waals surface area contributed by atoms with E-state index < -0.39 is 11.7 Å². The Kier molecular flexibility index (Phi) is 5.16. The molecule has 2 aromatic carbocycles. The van der Waals surface area contributed by atoms with Crippen molar-refractivity contribution in [3.8, 4) is 0 Å². The summed E-state index contributed by atoms with van der Waals surface area (Å²) in [4.78, 5) is 39.7. The first-order valence-corrected chi connectivity index (χ1v) is 8.68. The molecule has 1 fully saturated rings. The Morgan fingerprint density at radius 2 is 1.69 bits per heavy atom. The Balaban J connectivity index is 1.88. The van der Waals surface area contributed by atoms with E-state index in [2.05, 4.69) is 0 Å². The molecule has 1 heterocycles. The van der Waals surface area contributed by atoms with Crippen molar-refractivity contribution in [2.45, 2.75) is 26.3 Å². The minimum Gasteiger partial charge on any atom is -0.322 e. The Morgan fingerprint density at radius 1 is 1.04 bits per heavy atom. The van der Waals surface area contributed by atoms with Crippen molar-refractivity contribution in [1.82, 2.24) is 4.90 Å². The van der Waals surface area contributed by atoms with E-state index in [-0.39, 0.29) is 18.5 Å². The molecule has 3 rings (SSSR count). The van der Waals surface area contributed by atoms with E-state index in [1.165, 1.54) is 11.8 Å². The van der Waals surface area contributed by atoms with Gasteiger partial charge < -0.3 is 9.80 Å². The van der Waals surface area contributed by atoms with Gasteiger partial charge in [0.2, 0.25) is 11.7 Å². The molecule has 1 aliphatic heterocycles. The van der Waals surface area contributed by atoms with Gasteiger partial charge in [0.15, 0.2) is 0 Å². The molecule has 0 unspecified atom stereocenters. The van der Waals surface area contributed by atoms with Crippen LogP contribution >= 0.6 is 0 Å². The average Bonchev–Trinajstić information content (AvgIpc) is 2.64. The van der Waals surface area contributed by atoms with E-state index in [0.29, 0.717) is 13.0 Å². The smallest absolute Gasteiger partial charge is 0.290 e. The maximum absolute atomic E-state index is 12.6. The zero-order chi connectivity index (χ0) is 18.7. The van der Waals surface area contributed by atoms with Gasteiger partial charge in [-0.1, -0.05) is 48.0 Å². The monoisotopic (exact) mass is 350 g/mol. The number of carbonyl (C=O) groups is 3. The lowest BCUT2D eigenvalue weighted by Crippen LogP contribution is -2.60. The van der Waals surface area contributed by atoms with E-state index in [9.17, 15) is 14.4 Å². The number of rotatable bonds is 4. The number of hydrogen-bond donors (Lipinski definition) is 0. The Hall–Kier alpha value is -2.95. The van der Waals surface area contributed by atoms with Crippen molar-refractivity contribution in [1.29, 1.82) is 0 Å². The molecular formula is C21H22N2O3. The van der Waals surface area contributed by atoms with E-state index >= 15 is 0 Å². The lowest BCUT2D eigenvalue weighted by molar-refractivity contribution is -0.147. The average molecular weight is 350 g/mol. The lowest BCUT2D eigenvalue weighted by Gasteiger charge is -2.40. The highest BCUT2D eigenvalue weighted by Gasteiger charge is 2.36. The summed E-state index contributed by atoms with van der Waals surface area (Å²) in [5.41, 5.74) is 3.00. The molecule has 2 aromatic rings. The molecule has 1 saturated heterocycles. The third-order valence-electron chi connectivity index (χ3n) is 4.66. The van der Waals surface area contributed by atoms with Crippen molar-refractivity contribution in [2.75, 3.05) is 18.0 Å². The van der Waals surface area contributed by atoms with Crippen LogP contribution in [0.2, 0.25) is 0 Å². The predicted molar refractivity (Wildman–Crippen MR) is 99.9 cm³/mol. The van der Waals surface area contributed by atoms with Gasteiger partial charge in [0.05, 0.1) is 6.04 Å². The fourth-order valence-electron chi connectivity index (χ4n) is 3.25. The molecule has 5 nitrogen and oxygen atoms in total. The lowest BCUT2D eigenvalue weighted by atomic mass is 10.0. The summed E-state index contributed by atoms with van der Waals surface area (Å²) in [6.07, 6.45) is 0.593. The number of carbonyl (C=O) groups excluding carboxylic acids is 3. The van der Waals surface area contributed by atoms with Gasteiger partial charge in [0, 0.05) is 19.2 Å². The van der Waals surface area contributed by atoms with Crippen molar-refractivity contribution in [3.63, 3.8) is 0 Å². The first-order chi connectivity index (χ1) is 12.5. The number of ketones is 1. The third-order valence-corrected chi connectivity index (χ3v) is 4.66. The van der Waals surface area contributed by atoms with E-state index in [4.69, 9.17) is 0 Å². The molecule has 1 atom stereocenters. The SMILES string of the molecule is CC(=O)C(=O)N1CC(=O)N(c2ccc(C)cc2)C[C@H]1Cc1ccccc1. The second-order valence-electron chi connectivity index (χ2n) is 6.67. The molecule has 2 amide bonds. The second-order valence-corrected chi connectivity index (χ2v) is 6.67. The summed E-state index contributed by atoms with van der Waals surface area (Å²) in [5.74, 6) is -1.31. The molecule has 5 heteroatoms. The minimum absolute atomic E-state index is 0.0796. The molecule has 0 N–H and O–H groups in total. The molecule has 0 aromatic heterocycles. The van der Waals surface area contributed by atoms with Crippen LogP contribution in [0.5, 0.6) is 0 Å². The third kappa shape index (κ3) is 3.82. The maximum atomic E-state index is 12.6. The Morgan fingerprint density at radius 3 is 2.31 bits per heavy atom. The normalized spacial score (nSPS) is 17.3. The van der Waals surface area contributed by atoms with Crippen LogP contribution in [0.25, 0.3) is 0 Å². The summed E-state index contributed by atoms with van der Waals surface area (Å²) in [6.45, 7) is 3.53. The van der Waals surface area contributed by atoms with E-state index in [1.807, 2.05) is 61.5 Å². The van der Waals surface area contributed by atoms with Crippen molar-refractivity contribution < 1.29 is 14.4 Å². The molecule has 0 spiro atoms. The van der Waals surface area contributed by atoms with Gasteiger partial charge >= 0.3 is 0 Å². The van der Waals surface area contributed by atoms with Gasteiger partial charge in [-0.25, -0.2) is 0 Å². The minimum atomic E-state index is -0.595. The summed E-state index contributed by atoms with van der Waals surface area (Å²) < 4.78 is 0. The molecular weight excluding hydrogens is 328 g/mol. The van der Waals surface area contributed by atoms with Crippen LogP contribution in [-0.4, -0.2) is 41.6 Å². The van der Waals surface area contributed by atoms with Gasteiger partial charge in [-0.05, 0) is 31.0 Å². The maximum Gasteiger partial charge on any atom is 0.290 e. The first-order valence-electron chi connectivity index (χ1n) is 8.68. The van der Waals surface area contributed by atoms with Crippen LogP contribution in [0, 0.1) is 6.92 Å². The number of hydrogen-bond acceptors (Lipinski definition) is 3. The highest BCUT2D eigenvalue weighted by Crippen LogP contribution is 2.23. The summed E-state index contributed by atoms with van der Waals surface area (Å²) >= 11 is 0. The summed E-state index contributed by atoms with van der Waals surface area (Å²) in [6, 6.07) is 17.3. The topological polar surface area (TPSA) is 57.7 Å². The Labute approximate surface area is 153 Å². The molecule has 0 radical (unpaired) electrons. The fourth-order valence-corrected chi connectivity index (χ4v) is 3.25. The van der Waals surface area contributed by atoms with Crippen LogP contribution in [0.3, 0.4) is 0 Å². The molecule has 0 bridgehead atoms. The zero-order valence-corrected chi connectivity index (χ0v) is 15.0. The largest absolute Gasteiger partial charge is 0.322 e. The number of benzene rings is 2. The molecule has 26 heavy (non-hydrogen) atoms. The first kappa shape index (κ1) is 17.9. The van der Waals surface area contributed by atoms with Gasteiger partial charge in [0.25, 0.3) is 5.91 Å². The van der Waals surface area contributed by atoms with Gasteiger partial charge in [-0.15, -0.1) is 0 Å².